The predicted octanol–water partition coefficient (Wildman–Crippen LogP) is 4.88. The lowest BCUT2D eigenvalue weighted by Gasteiger charge is -2.18. The second-order valence-electron chi connectivity index (χ2n) is 5.25. The molecule has 2 aromatic rings. The fraction of sp³-hybridized carbons (Fsp3) is 0.333. The lowest BCUT2D eigenvalue weighted by Crippen LogP contribution is -2.35. The first-order valence-electron chi connectivity index (χ1n) is 6.08. The minimum atomic E-state index is 0.182. The minimum absolute atomic E-state index is 0.182. The van der Waals surface area contributed by atoms with E-state index < -0.39 is 0 Å². The summed E-state index contributed by atoms with van der Waals surface area (Å²) in [4.78, 5) is 2.66. The Bertz CT molecular complexity index is 501. The van der Waals surface area contributed by atoms with Gasteiger partial charge in [0.15, 0.2) is 0 Å². The van der Waals surface area contributed by atoms with Crippen molar-refractivity contribution in [3.8, 4) is 10.4 Å². The summed E-state index contributed by atoms with van der Waals surface area (Å²) >= 11 is 3.59. The Morgan fingerprint density at radius 3 is 2.78 bits per heavy atom. The Balaban J connectivity index is 1.93. The molecular weight excluding hydrogens is 258 g/mol. The molecule has 0 spiro atoms. The van der Waals surface area contributed by atoms with Crippen LogP contribution in [0.3, 0.4) is 0 Å². The molecule has 0 amide bonds. The third kappa shape index (κ3) is 4.09. The van der Waals surface area contributed by atoms with Crippen LogP contribution in [0.5, 0.6) is 0 Å². The van der Waals surface area contributed by atoms with Gasteiger partial charge in [-0.15, -0.1) is 22.7 Å². The number of hydrogen-bond donors (Lipinski definition) is 1. The third-order valence-corrected chi connectivity index (χ3v) is 4.27. The van der Waals surface area contributed by atoms with Crippen LogP contribution in [0.15, 0.2) is 35.0 Å². The molecule has 0 unspecified atom stereocenters. The van der Waals surface area contributed by atoms with Crippen LogP contribution in [0.25, 0.3) is 16.5 Å². The van der Waals surface area contributed by atoms with Gasteiger partial charge in [-0.1, -0.05) is 12.1 Å². The molecule has 2 rings (SSSR count). The van der Waals surface area contributed by atoms with Crippen molar-refractivity contribution in [3.05, 3.63) is 39.9 Å². The maximum Gasteiger partial charge on any atom is 0.0351 e. The van der Waals surface area contributed by atoms with E-state index in [1.807, 2.05) is 0 Å². The van der Waals surface area contributed by atoms with Crippen LogP contribution in [-0.4, -0.2) is 12.1 Å². The van der Waals surface area contributed by atoms with Crippen molar-refractivity contribution < 1.29 is 0 Å². The first-order valence-corrected chi connectivity index (χ1v) is 7.84. The van der Waals surface area contributed by atoms with E-state index in [4.69, 9.17) is 0 Å². The Kier molecular flexibility index (Phi) is 4.38. The van der Waals surface area contributed by atoms with E-state index in [9.17, 15) is 0 Å². The highest BCUT2D eigenvalue weighted by molar-refractivity contribution is 7.15. The van der Waals surface area contributed by atoms with Crippen LogP contribution in [0.2, 0.25) is 0 Å². The summed E-state index contributed by atoms with van der Waals surface area (Å²) in [7, 11) is 0. The van der Waals surface area contributed by atoms with Gasteiger partial charge in [0, 0.05) is 27.4 Å². The van der Waals surface area contributed by atoms with E-state index in [2.05, 4.69) is 67.2 Å². The highest BCUT2D eigenvalue weighted by atomic mass is 32.1. The molecule has 0 aromatic carbocycles. The quantitative estimate of drug-likeness (QED) is 0.840. The summed E-state index contributed by atoms with van der Waals surface area (Å²) in [5.41, 5.74) is 1.51. The average Bonchev–Trinajstić information content (AvgIpc) is 2.93. The zero-order valence-electron chi connectivity index (χ0n) is 11.1. The molecule has 0 saturated carbocycles. The van der Waals surface area contributed by atoms with Crippen molar-refractivity contribution in [2.24, 2.45) is 0 Å². The van der Waals surface area contributed by atoms with Gasteiger partial charge in [0.05, 0.1) is 0 Å². The smallest absolute Gasteiger partial charge is 0.0351 e. The third-order valence-electron chi connectivity index (χ3n) is 2.46. The molecule has 1 nitrogen and oxygen atoms in total. The van der Waals surface area contributed by atoms with Gasteiger partial charge in [-0.05, 0) is 49.7 Å². The van der Waals surface area contributed by atoms with Gasteiger partial charge in [0.1, 0.15) is 0 Å². The molecule has 0 aliphatic heterocycles. The van der Waals surface area contributed by atoms with Crippen LogP contribution >= 0.6 is 22.7 Å². The lowest BCUT2D eigenvalue weighted by atomic mass is 10.1. The van der Waals surface area contributed by atoms with Gasteiger partial charge in [-0.2, -0.15) is 0 Å². The van der Waals surface area contributed by atoms with E-state index in [0.717, 1.165) is 6.54 Å². The van der Waals surface area contributed by atoms with Crippen molar-refractivity contribution >= 4 is 28.7 Å². The van der Waals surface area contributed by atoms with E-state index >= 15 is 0 Å². The Morgan fingerprint density at radius 1 is 1.28 bits per heavy atom. The highest BCUT2D eigenvalue weighted by Crippen LogP contribution is 2.29. The molecule has 0 aliphatic rings. The molecule has 2 heterocycles. The van der Waals surface area contributed by atoms with Crippen LogP contribution in [0.1, 0.15) is 25.6 Å². The number of nitrogens with one attached hydrogen (secondary N) is 1. The molecule has 0 fully saturated rings. The minimum Gasteiger partial charge on any atom is -0.309 e. The van der Waals surface area contributed by atoms with Crippen LogP contribution < -0.4 is 5.32 Å². The van der Waals surface area contributed by atoms with Crippen molar-refractivity contribution in [1.82, 2.24) is 5.32 Å². The first-order chi connectivity index (χ1) is 8.54. The first kappa shape index (κ1) is 13.5. The monoisotopic (exact) mass is 277 g/mol. The highest BCUT2D eigenvalue weighted by Gasteiger charge is 2.06. The van der Waals surface area contributed by atoms with Gasteiger partial charge in [-0.3, -0.25) is 0 Å². The van der Waals surface area contributed by atoms with Crippen LogP contribution in [0.4, 0.5) is 0 Å². The molecule has 0 aliphatic carbocycles. The van der Waals surface area contributed by atoms with E-state index in [1.54, 1.807) is 22.7 Å². The molecule has 18 heavy (non-hydrogen) atoms. The van der Waals surface area contributed by atoms with E-state index in [-0.39, 0.29) is 5.54 Å². The predicted molar refractivity (Wildman–Crippen MR) is 84.4 cm³/mol. The summed E-state index contributed by atoms with van der Waals surface area (Å²) in [6.07, 6.45) is 4.38. The molecule has 0 atom stereocenters. The standard InChI is InChI=1S/C15H19NS2/c1-15(2,3)16-8-4-6-13-10-12(11-18-13)14-7-5-9-17-14/h4-7,9-11,16H,8H2,1-3H3. The van der Waals surface area contributed by atoms with Gasteiger partial charge in [0.2, 0.25) is 0 Å². The Hall–Kier alpha value is -0.900. The summed E-state index contributed by atoms with van der Waals surface area (Å²) in [6.45, 7) is 7.46. The second-order valence-corrected chi connectivity index (χ2v) is 7.14. The molecular formula is C15H19NS2. The number of hydrogen-bond acceptors (Lipinski definition) is 3. The molecule has 96 valence electrons. The number of thiophene rings is 2. The SMILES string of the molecule is CC(C)(C)NCC=Cc1cc(-c2cccs2)cs1. The van der Waals surface area contributed by atoms with Gasteiger partial charge < -0.3 is 5.32 Å². The fourth-order valence-corrected chi connectivity index (χ4v) is 3.17. The second kappa shape index (κ2) is 5.83. The zero-order chi connectivity index (χ0) is 13.0. The summed E-state index contributed by atoms with van der Waals surface area (Å²) < 4.78 is 0. The van der Waals surface area contributed by atoms with Gasteiger partial charge in [0.25, 0.3) is 0 Å². The molecule has 2 aromatic heterocycles. The van der Waals surface area contributed by atoms with Gasteiger partial charge >= 0.3 is 0 Å². The molecule has 3 heteroatoms. The van der Waals surface area contributed by atoms with E-state index in [0.29, 0.717) is 0 Å². The van der Waals surface area contributed by atoms with Gasteiger partial charge in [-0.25, -0.2) is 0 Å². The number of rotatable bonds is 4. The average molecular weight is 277 g/mol. The van der Waals surface area contributed by atoms with Crippen LogP contribution in [0, 0.1) is 0 Å². The molecule has 0 radical (unpaired) electrons. The molecule has 0 bridgehead atoms. The molecule has 0 saturated heterocycles. The van der Waals surface area contributed by atoms with E-state index in [1.165, 1.54) is 15.3 Å². The van der Waals surface area contributed by atoms with Crippen molar-refractivity contribution in [1.29, 1.82) is 0 Å². The Morgan fingerprint density at radius 2 is 2.11 bits per heavy atom. The summed E-state index contributed by atoms with van der Waals surface area (Å²) in [5.74, 6) is 0. The largest absolute Gasteiger partial charge is 0.309 e. The van der Waals surface area contributed by atoms with Crippen molar-refractivity contribution in [3.63, 3.8) is 0 Å². The normalized spacial score (nSPS) is 12.4. The summed E-state index contributed by atoms with van der Waals surface area (Å²) in [6, 6.07) is 6.52. The van der Waals surface area contributed by atoms with Crippen molar-refractivity contribution in [2.75, 3.05) is 6.54 Å². The lowest BCUT2D eigenvalue weighted by molar-refractivity contribution is 0.450. The Labute approximate surface area is 117 Å². The maximum atomic E-state index is 3.45. The maximum absolute atomic E-state index is 3.45. The van der Waals surface area contributed by atoms with Crippen molar-refractivity contribution in [2.45, 2.75) is 26.3 Å². The zero-order valence-corrected chi connectivity index (χ0v) is 12.7. The molecule has 1 N–H and O–H groups in total. The fourth-order valence-electron chi connectivity index (χ4n) is 1.55. The topological polar surface area (TPSA) is 12.0 Å². The van der Waals surface area contributed by atoms with Crippen LogP contribution in [-0.2, 0) is 0 Å². The summed E-state index contributed by atoms with van der Waals surface area (Å²) in [5, 5.41) is 7.79.